The summed E-state index contributed by atoms with van der Waals surface area (Å²) in [4.78, 5) is 14.0. The zero-order chi connectivity index (χ0) is 28.5. The smallest absolute Gasteiger partial charge is 0.222 e. The summed E-state index contributed by atoms with van der Waals surface area (Å²) in [7, 11) is 1.91. The molecular formula is C36H57NO3. The van der Waals surface area contributed by atoms with E-state index in [0.29, 0.717) is 41.4 Å². The number of rotatable bonds is 13. The van der Waals surface area contributed by atoms with Crippen LogP contribution >= 0.6 is 0 Å². The normalized spacial score (nSPS) is 34.0. The van der Waals surface area contributed by atoms with Gasteiger partial charge in [0.05, 0.1) is 5.60 Å². The molecule has 40 heavy (non-hydrogen) atoms. The molecule has 0 heterocycles. The van der Waals surface area contributed by atoms with Crippen LogP contribution in [0.2, 0.25) is 0 Å². The number of fused-ring (bicyclic) bond motifs is 3. The molecule has 2 bridgehead atoms. The van der Waals surface area contributed by atoms with Gasteiger partial charge in [-0.2, -0.15) is 0 Å². The van der Waals surface area contributed by atoms with Crippen molar-refractivity contribution >= 4 is 5.91 Å². The predicted molar refractivity (Wildman–Crippen MR) is 163 cm³/mol. The van der Waals surface area contributed by atoms with Crippen molar-refractivity contribution in [3.8, 4) is 5.75 Å². The molecule has 1 aromatic carbocycles. The van der Waals surface area contributed by atoms with Gasteiger partial charge >= 0.3 is 0 Å². The second-order valence-corrected chi connectivity index (χ2v) is 14.9. The van der Waals surface area contributed by atoms with E-state index in [0.717, 1.165) is 25.7 Å². The Bertz CT molecular complexity index is 1020. The van der Waals surface area contributed by atoms with Gasteiger partial charge in [-0.1, -0.05) is 64.4 Å². The molecule has 3 fully saturated rings. The van der Waals surface area contributed by atoms with Gasteiger partial charge in [-0.3, -0.25) is 4.79 Å². The van der Waals surface area contributed by atoms with Gasteiger partial charge in [-0.15, -0.1) is 0 Å². The van der Waals surface area contributed by atoms with Crippen LogP contribution in [0.1, 0.15) is 147 Å². The molecule has 5 rings (SSSR count). The highest BCUT2D eigenvalue weighted by Crippen LogP contribution is 2.78. The fourth-order valence-electron chi connectivity index (χ4n) is 10.2. The first kappa shape index (κ1) is 29.9. The number of hydrogen-bond donors (Lipinski definition) is 2. The molecule has 4 aliphatic carbocycles. The van der Waals surface area contributed by atoms with E-state index in [4.69, 9.17) is 0 Å². The maximum atomic E-state index is 12.1. The van der Waals surface area contributed by atoms with Crippen LogP contribution in [0.4, 0.5) is 0 Å². The number of nitrogens with zero attached hydrogens (tertiary/aromatic N) is 1. The molecule has 2 unspecified atom stereocenters. The van der Waals surface area contributed by atoms with Crippen LogP contribution in [0.25, 0.3) is 0 Å². The van der Waals surface area contributed by atoms with E-state index in [1.807, 2.05) is 24.1 Å². The zero-order valence-corrected chi connectivity index (χ0v) is 26.0. The van der Waals surface area contributed by atoms with Gasteiger partial charge in [0.2, 0.25) is 5.91 Å². The molecule has 1 aromatic rings. The lowest BCUT2D eigenvalue weighted by atomic mass is 9.45. The van der Waals surface area contributed by atoms with E-state index in [2.05, 4.69) is 26.8 Å². The highest BCUT2D eigenvalue weighted by molar-refractivity contribution is 5.76. The van der Waals surface area contributed by atoms with Gasteiger partial charge in [0, 0.05) is 24.9 Å². The standard InChI is InChI=1S/C36H57NO3/c1-26(2)37(4)32(39)15-13-11-9-7-5-6-8-10-12-14-28-25-34(3)35(20-22-36(34,40)23-21-35)31-19-16-27-24-29(38)17-18-30(27)33(28)31/h17-18,24,26,28,31,33,38,40H,5-16,19-23,25H2,1-4H3/t28-,31?,33?,34-,35?,36?/m0/s1. The number of amides is 1. The first-order valence-corrected chi connectivity index (χ1v) is 16.9. The summed E-state index contributed by atoms with van der Waals surface area (Å²) < 4.78 is 0. The van der Waals surface area contributed by atoms with Gasteiger partial charge in [0.1, 0.15) is 5.75 Å². The Morgan fingerprint density at radius 3 is 2.25 bits per heavy atom. The molecule has 0 radical (unpaired) electrons. The topological polar surface area (TPSA) is 60.8 Å². The molecule has 4 atom stereocenters. The minimum atomic E-state index is -0.441. The second kappa shape index (κ2) is 12.0. The van der Waals surface area contributed by atoms with Crippen molar-refractivity contribution in [2.24, 2.45) is 22.7 Å². The van der Waals surface area contributed by atoms with Crippen molar-refractivity contribution in [3.63, 3.8) is 0 Å². The maximum Gasteiger partial charge on any atom is 0.222 e. The Morgan fingerprint density at radius 2 is 1.60 bits per heavy atom. The summed E-state index contributed by atoms with van der Waals surface area (Å²) in [5.74, 6) is 2.63. The van der Waals surface area contributed by atoms with Crippen LogP contribution in [0.5, 0.6) is 5.75 Å². The molecule has 4 aliphatic rings. The number of phenolic OH excluding ortho intramolecular Hbond substituents is 1. The quantitative estimate of drug-likeness (QED) is 0.242. The van der Waals surface area contributed by atoms with Crippen molar-refractivity contribution < 1.29 is 15.0 Å². The molecular weight excluding hydrogens is 494 g/mol. The van der Waals surface area contributed by atoms with Crippen molar-refractivity contribution in [1.82, 2.24) is 4.90 Å². The average molecular weight is 552 g/mol. The Hall–Kier alpha value is -1.55. The number of benzene rings is 1. The van der Waals surface area contributed by atoms with E-state index >= 15 is 0 Å². The van der Waals surface area contributed by atoms with E-state index in [9.17, 15) is 15.0 Å². The van der Waals surface area contributed by atoms with Crippen LogP contribution in [0.15, 0.2) is 18.2 Å². The summed E-state index contributed by atoms with van der Waals surface area (Å²) in [6.07, 6.45) is 21.2. The Labute approximate surface area is 244 Å². The highest BCUT2D eigenvalue weighted by atomic mass is 16.3. The van der Waals surface area contributed by atoms with Crippen molar-refractivity contribution in [1.29, 1.82) is 0 Å². The molecule has 1 amide bonds. The van der Waals surface area contributed by atoms with Crippen LogP contribution in [0.3, 0.4) is 0 Å². The highest BCUT2D eigenvalue weighted by Gasteiger charge is 2.74. The van der Waals surface area contributed by atoms with E-state index in [1.54, 1.807) is 0 Å². The van der Waals surface area contributed by atoms with Gasteiger partial charge < -0.3 is 15.1 Å². The van der Waals surface area contributed by atoms with Gasteiger partial charge in [-0.25, -0.2) is 0 Å². The first-order chi connectivity index (χ1) is 19.1. The summed E-state index contributed by atoms with van der Waals surface area (Å²) in [6, 6.07) is 6.51. The van der Waals surface area contributed by atoms with E-state index in [1.165, 1.54) is 94.6 Å². The monoisotopic (exact) mass is 551 g/mol. The molecule has 4 heteroatoms. The van der Waals surface area contributed by atoms with Crippen LogP contribution in [0, 0.1) is 22.7 Å². The summed E-state index contributed by atoms with van der Waals surface area (Å²) in [6.45, 7) is 6.62. The fourth-order valence-corrected chi connectivity index (χ4v) is 10.2. The van der Waals surface area contributed by atoms with E-state index < -0.39 is 5.60 Å². The molecule has 3 saturated carbocycles. The maximum absolute atomic E-state index is 12.1. The lowest BCUT2D eigenvalue weighted by Crippen LogP contribution is -2.54. The third-order valence-electron chi connectivity index (χ3n) is 12.8. The number of hydrogen-bond acceptors (Lipinski definition) is 3. The zero-order valence-electron chi connectivity index (χ0n) is 26.0. The number of unbranched alkanes of at least 4 members (excludes halogenated alkanes) is 8. The second-order valence-electron chi connectivity index (χ2n) is 14.9. The van der Waals surface area contributed by atoms with Gasteiger partial charge in [0.25, 0.3) is 0 Å². The minimum Gasteiger partial charge on any atom is -0.508 e. The van der Waals surface area contributed by atoms with Crippen LogP contribution < -0.4 is 0 Å². The summed E-state index contributed by atoms with van der Waals surface area (Å²) in [5, 5.41) is 22.0. The Balaban J connectivity index is 1.09. The Morgan fingerprint density at radius 1 is 0.975 bits per heavy atom. The fraction of sp³-hybridized carbons (Fsp3) is 0.806. The number of phenols is 1. The first-order valence-electron chi connectivity index (χ1n) is 16.9. The largest absolute Gasteiger partial charge is 0.508 e. The number of aliphatic hydroxyl groups is 1. The Kier molecular flexibility index (Phi) is 8.96. The molecule has 0 saturated heterocycles. The number of carbonyl (C=O) groups is 1. The molecule has 0 aliphatic heterocycles. The number of carbonyl (C=O) groups excluding carboxylic acids is 1. The molecule has 0 aromatic heterocycles. The lowest BCUT2D eigenvalue weighted by Gasteiger charge is -2.59. The summed E-state index contributed by atoms with van der Waals surface area (Å²) >= 11 is 0. The van der Waals surface area contributed by atoms with E-state index in [-0.39, 0.29) is 11.3 Å². The van der Waals surface area contributed by atoms with Gasteiger partial charge in [0.15, 0.2) is 0 Å². The van der Waals surface area contributed by atoms with Crippen molar-refractivity contribution in [2.75, 3.05) is 7.05 Å². The van der Waals surface area contributed by atoms with Crippen molar-refractivity contribution in [2.45, 2.75) is 154 Å². The summed E-state index contributed by atoms with van der Waals surface area (Å²) in [5.41, 5.74) is 2.86. The minimum absolute atomic E-state index is 0.0784. The third kappa shape index (κ3) is 5.25. The predicted octanol–water partition coefficient (Wildman–Crippen LogP) is 8.53. The van der Waals surface area contributed by atoms with Crippen molar-refractivity contribution in [3.05, 3.63) is 29.3 Å². The molecule has 2 N–H and O–H groups in total. The number of aryl methyl sites for hydroxylation is 1. The van der Waals surface area contributed by atoms with Crippen LogP contribution in [-0.2, 0) is 11.2 Å². The number of aromatic hydroxyl groups is 1. The average Bonchev–Trinajstić information content (AvgIpc) is 3.30. The molecule has 0 spiro atoms. The van der Waals surface area contributed by atoms with Crippen LogP contribution in [-0.4, -0.2) is 39.7 Å². The SMILES string of the molecule is CC(C)N(C)C(=O)CCCCCCCCCCC[C@H]1C[C@]2(C)C3(O)CCC2(CC3)C2CCc3cc(O)ccc3C21. The molecule has 224 valence electrons. The third-order valence-corrected chi connectivity index (χ3v) is 12.8. The molecule has 4 nitrogen and oxygen atoms in total. The lowest BCUT2D eigenvalue weighted by molar-refractivity contribution is -0.131. The van der Waals surface area contributed by atoms with Gasteiger partial charge in [-0.05, 0) is 118 Å².